The summed E-state index contributed by atoms with van der Waals surface area (Å²) >= 11 is 0. The quantitative estimate of drug-likeness (QED) is 0.856. The summed E-state index contributed by atoms with van der Waals surface area (Å²) in [6.07, 6.45) is 0.732. The lowest BCUT2D eigenvalue weighted by molar-refractivity contribution is 0.441. The molecule has 1 aromatic carbocycles. The molecule has 0 amide bonds. The van der Waals surface area contributed by atoms with Gasteiger partial charge in [0.1, 0.15) is 11.5 Å². The molecule has 0 spiro atoms. The van der Waals surface area contributed by atoms with Crippen molar-refractivity contribution in [3.8, 4) is 0 Å². The van der Waals surface area contributed by atoms with Crippen molar-refractivity contribution in [2.75, 3.05) is 6.54 Å². The molecular formula is C15H20N2O3S. The van der Waals surface area contributed by atoms with Crippen LogP contribution in [0.2, 0.25) is 0 Å². The Morgan fingerprint density at radius 3 is 2.38 bits per heavy atom. The highest BCUT2D eigenvalue weighted by atomic mass is 32.2. The zero-order valence-electron chi connectivity index (χ0n) is 12.2. The molecule has 1 unspecified atom stereocenters. The van der Waals surface area contributed by atoms with Crippen LogP contribution in [0.25, 0.3) is 0 Å². The second kappa shape index (κ2) is 6.43. The van der Waals surface area contributed by atoms with Crippen molar-refractivity contribution >= 4 is 10.0 Å². The van der Waals surface area contributed by atoms with Gasteiger partial charge in [-0.2, -0.15) is 0 Å². The number of benzene rings is 1. The van der Waals surface area contributed by atoms with E-state index >= 15 is 0 Å². The molecule has 1 heterocycles. The predicted octanol–water partition coefficient (Wildman–Crippen LogP) is 2.13. The fourth-order valence-electron chi connectivity index (χ4n) is 2.05. The van der Waals surface area contributed by atoms with Gasteiger partial charge in [-0.25, -0.2) is 13.1 Å². The van der Waals surface area contributed by atoms with Crippen molar-refractivity contribution < 1.29 is 12.8 Å². The highest BCUT2D eigenvalue weighted by Crippen LogP contribution is 2.19. The molecule has 0 radical (unpaired) electrons. The molecule has 0 aliphatic carbocycles. The normalized spacial score (nSPS) is 13.3. The number of hydrogen-bond donors (Lipinski definition) is 2. The van der Waals surface area contributed by atoms with Crippen molar-refractivity contribution in [3.63, 3.8) is 0 Å². The molecule has 2 aromatic rings. The predicted molar refractivity (Wildman–Crippen MR) is 81.4 cm³/mol. The first-order valence-electron chi connectivity index (χ1n) is 6.80. The number of rotatable bonds is 6. The second-order valence-electron chi connectivity index (χ2n) is 4.97. The van der Waals surface area contributed by atoms with E-state index in [2.05, 4.69) is 4.72 Å². The molecule has 1 atom stereocenters. The molecule has 2 rings (SSSR count). The zero-order valence-corrected chi connectivity index (χ0v) is 13.0. The van der Waals surface area contributed by atoms with Crippen molar-refractivity contribution in [3.05, 3.63) is 53.5 Å². The van der Waals surface area contributed by atoms with Crippen LogP contribution in [0, 0.1) is 6.92 Å². The SMILES string of the molecule is Cc1ccc(C(C)NS(=O)(=O)c2ccc(CCN)cc2)o1. The molecule has 0 saturated heterocycles. The van der Waals surface area contributed by atoms with Crippen LogP contribution in [0.15, 0.2) is 45.7 Å². The fourth-order valence-corrected chi connectivity index (χ4v) is 3.26. The third-order valence-electron chi connectivity index (χ3n) is 3.19. The van der Waals surface area contributed by atoms with Gasteiger partial charge in [0.25, 0.3) is 0 Å². The highest BCUT2D eigenvalue weighted by molar-refractivity contribution is 7.89. The van der Waals surface area contributed by atoms with E-state index in [9.17, 15) is 8.42 Å². The van der Waals surface area contributed by atoms with Gasteiger partial charge in [-0.15, -0.1) is 0 Å². The highest BCUT2D eigenvalue weighted by Gasteiger charge is 2.20. The summed E-state index contributed by atoms with van der Waals surface area (Å²) < 4.78 is 32.7. The summed E-state index contributed by atoms with van der Waals surface area (Å²) in [7, 11) is -3.57. The third kappa shape index (κ3) is 3.93. The van der Waals surface area contributed by atoms with Crippen molar-refractivity contribution in [2.24, 2.45) is 5.73 Å². The van der Waals surface area contributed by atoms with E-state index in [4.69, 9.17) is 10.2 Å². The van der Waals surface area contributed by atoms with E-state index in [1.54, 1.807) is 37.3 Å². The Balaban J connectivity index is 2.14. The molecule has 5 nitrogen and oxygen atoms in total. The van der Waals surface area contributed by atoms with Crippen molar-refractivity contribution in [2.45, 2.75) is 31.2 Å². The fraction of sp³-hybridized carbons (Fsp3) is 0.333. The molecule has 0 aliphatic rings. The molecule has 0 fully saturated rings. The van der Waals surface area contributed by atoms with E-state index in [1.807, 2.05) is 13.0 Å². The molecule has 0 saturated carbocycles. The van der Waals surface area contributed by atoms with Crippen LogP contribution in [0.4, 0.5) is 0 Å². The standard InChI is InChI=1S/C15H20N2O3S/c1-11-3-8-15(20-11)12(2)17-21(18,19)14-6-4-13(5-7-14)9-10-16/h3-8,12,17H,9-10,16H2,1-2H3. The zero-order chi connectivity index (χ0) is 15.5. The van der Waals surface area contributed by atoms with E-state index in [-0.39, 0.29) is 4.90 Å². The summed E-state index contributed by atoms with van der Waals surface area (Å²) in [5, 5.41) is 0. The maximum absolute atomic E-state index is 12.3. The number of aryl methyl sites for hydroxylation is 1. The molecule has 0 bridgehead atoms. The van der Waals surface area contributed by atoms with Gasteiger partial charge < -0.3 is 10.2 Å². The Bertz CT molecular complexity index is 690. The van der Waals surface area contributed by atoms with Gasteiger partial charge in [-0.1, -0.05) is 12.1 Å². The van der Waals surface area contributed by atoms with Crippen LogP contribution in [0.3, 0.4) is 0 Å². The first-order chi connectivity index (χ1) is 9.92. The largest absolute Gasteiger partial charge is 0.465 e. The van der Waals surface area contributed by atoms with Gasteiger partial charge in [-0.3, -0.25) is 0 Å². The minimum Gasteiger partial charge on any atom is -0.465 e. The van der Waals surface area contributed by atoms with Crippen LogP contribution in [-0.2, 0) is 16.4 Å². The van der Waals surface area contributed by atoms with E-state index in [0.29, 0.717) is 12.3 Å². The Morgan fingerprint density at radius 2 is 1.86 bits per heavy atom. The Labute approximate surface area is 125 Å². The Hall–Kier alpha value is -1.63. The third-order valence-corrected chi connectivity index (χ3v) is 4.74. The average molecular weight is 308 g/mol. The molecule has 114 valence electrons. The van der Waals surface area contributed by atoms with E-state index in [0.717, 1.165) is 17.7 Å². The van der Waals surface area contributed by atoms with Crippen LogP contribution < -0.4 is 10.5 Å². The molecule has 3 N–H and O–H groups in total. The lowest BCUT2D eigenvalue weighted by Crippen LogP contribution is -2.26. The van der Waals surface area contributed by atoms with Crippen molar-refractivity contribution in [1.82, 2.24) is 4.72 Å². The first-order valence-corrected chi connectivity index (χ1v) is 8.28. The lowest BCUT2D eigenvalue weighted by atomic mass is 10.2. The minimum absolute atomic E-state index is 0.235. The summed E-state index contributed by atoms with van der Waals surface area (Å²) in [4.78, 5) is 0.235. The first kappa shape index (κ1) is 15.8. The molecule has 1 aromatic heterocycles. The molecular weight excluding hydrogens is 288 g/mol. The van der Waals surface area contributed by atoms with Crippen LogP contribution in [-0.4, -0.2) is 15.0 Å². The number of sulfonamides is 1. The van der Waals surface area contributed by atoms with Gasteiger partial charge in [-0.05, 0) is 56.6 Å². The monoisotopic (exact) mass is 308 g/mol. The van der Waals surface area contributed by atoms with E-state index in [1.165, 1.54) is 0 Å². The molecule has 6 heteroatoms. The van der Waals surface area contributed by atoms with Crippen LogP contribution in [0.5, 0.6) is 0 Å². The number of nitrogens with one attached hydrogen (secondary N) is 1. The number of furan rings is 1. The van der Waals surface area contributed by atoms with Crippen LogP contribution in [0.1, 0.15) is 30.0 Å². The van der Waals surface area contributed by atoms with Gasteiger partial charge in [0.05, 0.1) is 10.9 Å². The smallest absolute Gasteiger partial charge is 0.241 e. The number of nitrogens with two attached hydrogens (primary N) is 1. The summed E-state index contributed by atoms with van der Waals surface area (Å²) in [6, 6.07) is 9.90. The summed E-state index contributed by atoms with van der Waals surface area (Å²) in [5.74, 6) is 1.35. The van der Waals surface area contributed by atoms with Crippen molar-refractivity contribution in [1.29, 1.82) is 0 Å². The second-order valence-corrected chi connectivity index (χ2v) is 6.69. The topological polar surface area (TPSA) is 85.3 Å². The Kier molecular flexibility index (Phi) is 4.82. The number of hydrogen-bond acceptors (Lipinski definition) is 4. The van der Waals surface area contributed by atoms with Crippen LogP contribution >= 0.6 is 0 Å². The maximum Gasteiger partial charge on any atom is 0.241 e. The Morgan fingerprint density at radius 1 is 1.19 bits per heavy atom. The minimum atomic E-state index is -3.57. The van der Waals surface area contributed by atoms with Gasteiger partial charge in [0.15, 0.2) is 0 Å². The lowest BCUT2D eigenvalue weighted by Gasteiger charge is -2.12. The molecule has 0 aliphatic heterocycles. The van der Waals surface area contributed by atoms with Gasteiger partial charge >= 0.3 is 0 Å². The van der Waals surface area contributed by atoms with Gasteiger partial charge in [0, 0.05) is 0 Å². The van der Waals surface area contributed by atoms with E-state index < -0.39 is 16.1 Å². The average Bonchev–Trinajstić information content (AvgIpc) is 2.86. The maximum atomic E-state index is 12.3. The summed E-state index contributed by atoms with van der Waals surface area (Å²) in [6.45, 7) is 4.11. The molecule has 21 heavy (non-hydrogen) atoms. The van der Waals surface area contributed by atoms with Gasteiger partial charge in [0.2, 0.25) is 10.0 Å². The summed E-state index contributed by atoms with van der Waals surface area (Å²) in [5.41, 5.74) is 6.50.